The number of hydrogen-bond donors (Lipinski definition) is 0. The molecule has 4 aromatic heterocycles. The minimum absolute atomic E-state index is 0.620. The molecule has 6 heteroatoms. The first-order chi connectivity index (χ1) is 31.2. The summed E-state index contributed by atoms with van der Waals surface area (Å²) in [6.45, 7) is 0. The zero-order valence-electron chi connectivity index (χ0n) is 34.2. The first-order valence-electron chi connectivity index (χ1n) is 21.6. The molecule has 0 fully saturated rings. The summed E-state index contributed by atoms with van der Waals surface area (Å²) in [7, 11) is 0. The molecule has 0 bridgehead atoms. The van der Waals surface area contributed by atoms with Crippen LogP contribution in [-0.2, 0) is 6.42 Å². The Morgan fingerprint density at radius 2 is 0.635 bits per heavy atom. The fraction of sp³-hybridized carbons (Fsp3) is 0.0351. The molecular weight excluding hydrogens is 769 g/mol. The van der Waals surface area contributed by atoms with Crippen molar-refractivity contribution in [3.05, 3.63) is 211 Å². The van der Waals surface area contributed by atoms with E-state index in [2.05, 4.69) is 220 Å². The Kier molecular flexibility index (Phi) is 7.93. The predicted octanol–water partition coefficient (Wildman–Crippen LogP) is 14.0. The number of aromatic nitrogens is 6. The van der Waals surface area contributed by atoms with Gasteiger partial charge in [-0.25, -0.2) is 15.0 Å². The van der Waals surface area contributed by atoms with Crippen LogP contribution in [0.3, 0.4) is 0 Å². The highest BCUT2D eigenvalue weighted by atomic mass is 15.0. The Labute approximate surface area is 363 Å². The van der Waals surface area contributed by atoms with E-state index in [9.17, 15) is 0 Å². The largest absolute Gasteiger partial charge is 0.310 e. The number of para-hydroxylation sites is 5. The van der Waals surface area contributed by atoms with Crippen molar-refractivity contribution in [2.45, 2.75) is 12.8 Å². The molecule has 0 aliphatic heterocycles. The third-order valence-electron chi connectivity index (χ3n) is 12.8. The Hall–Kier alpha value is -8.35. The lowest BCUT2D eigenvalue weighted by molar-refractivity contribution is 0.967. The maximum Gasteiger partial charge on any atom is 0.164 e. The Morgan fingerprint density at radius 1 is 0.317 bits per heavy atom. The van der Waals surface area contributed by atoms with Crippen molar-refractivity contribution in [1.29, 1.82) is 0 Å². The molecule has 1 aliphatic rings. The molecule has 6 nitrogen and oxygen atoms in total. The maximum absolute atomic E-state index is 5.18. The average molecular weight is 807 g/mol. The quantitative estimate of drug-likeness (QED) is 0.168. The third-order valence-corrected chi connectivity index (χ3v) is 12.8. The molecular formula is C57H38N6. The molecule has 296 valence electrons. The normalized spacial score (nSPS) is 12.6. The molecule has 0 N–H and O–H groups in total. The number of benzene rings is 8. The summed E-state index contributed by atoms with van der Waals surface area (Å²) in [5, 5.41) is 6.27. The van der Waals surface area contributed by atoms with Crippen LogP contribution in [0, 0.1) is 0 Å². The minimum atomic E-state index is 0.620. The predicted molar refractivity (Wildman–Crippen MR) is 259 cm³/mol. The molecule has 0 saturated carbocycles. The first kappa shape index (κ1) is 35.4. The second kappa shape index (κ2) is 14.1. The molecule has 0 spiro atoms. The molecule has 0 amide bonds. The topological polar surface area (TPSA) is 53.5 Å². The number of hydrogen-bond acceptors (Lipinski definition) is 3. The summed E-state index contributed by atoms with van der Waals surface area (Å²) in [5.74, 6) is 1.86. The molecule has 12 aromatic rings. The molecule has 0 saturated heterocycles. The van der Waals surface area contributed by atoms with Gasteiger partial charge < -0.3 is 13.7 Å². The maximum atomic E-state index is 5.18. The number of aryl methyl sites for hydroxylation is 1. The minimum Gasteiger partial charge on any atom is -0.310 e. The summed E-state index contributed by atoms with van der Waals surface area (Å²) in [6.07, 6.45) is 6.67. The summed E-state index contributed by atoms with van der Waals surface area (Å²) in [6, 6.07) is 69.0. The molecule has 13 rings (SSSR count). The Morgan fingerprint density at radius 3 is 1.02 bits per heavy atom. The summed E-state index contributed by atoms with van der Waals surface area (Å²) in [5.41, 5.74) is 14.6. The van der Waals surface area contributed by atoms with Gasteiger partial charge in [0.2, 0.25) is 0 Å². The van der Waals surface area contributed by atoms with Crippen LogP contribution in [0.5, 0.6) is 0 Å². The summed E-state index contributed by atoms with van der Waals surface area (Å²) >= 11 is 0. The van der Waals surface area contributed by atoms with Crippen LogP contribution in [0.4, 0.5) is 0 Å². The van der Waals surface area contributed by atoms with E-state index < -0.39 is 0 Å². The van der Waals surface area contributed by atoms with Gasteiger partial charge in [0.05, 0.1) is 27.6 Å². The Balaban J connectivity index is 0.929. The van der Waals surface area contributed by atoms with E-state index in [1.807, 2.05) is 0 Å². The lowest BCUT2D eigenvalue weighted by atomic mass is 10.0. The van der Waals surface area contributed by atoms with Crippen molar-refractivity contribution in [3.8, 4) is 51.2 Å². The van der Waals surface area contributed by atoms with Crippen LogP contribution < -0.4 is 0 Å². The van der Waals surface area contributed by atoms with Crippen molar-refractivity contribution in [2.75, 3.05) is 0 Å². The summed E-state index contributed by atoms with van der Waals surface area (Å²) in [4.78, 5) is 15.5. The molecule has 0 atom stereocenters. The van der Waals surface area contributed by atoms with Crippen LogP contribution in [0.1, 0.15) is 17.7 Å². The van der Waals surface area contributed by atoms with Gasteiger partial charge in [0.15, 0.2) is 17.5 Å². The van der Waals surface area contributed by atoms with Gasteiger partial charge in [-0.2, -0.15) is 0 Å². The number of allylic oxidation sites excluding steroid dienone is 1. The van der Waals surface area contributed by atoms with Gasteiger partial charge in [-0.05, 0) is 128 Å². The highest BCUT2D eigenvalue weighted by Gasteiger charge is 2.20. The molecule has 0 unspecified atom stereocenters. The molecule has 4 heterocycles. The van der Waals surface area contributed by atoms with E-state index in [0.717, 1.165) is 46.6 Å². The monoisotopic (exact) mass is 806 g/mol. The number of fused-ring (bicyclic) bond motifs is 9. The van der Waals surface area contributed by atoms with Crippen LogP contribution in [0.25, 0.3) is 112 Å². The SMILES string of the molecule is C1=Cc2c(c3ccccc3n2-c2ccc(-c3nc(-c4ccc(-n5c6ccccc6c6ccccc65)cc4)nc(-c4ccc(-n5c6ccccc6c6ccccc65)cc4)n3)cc2)CC1. The second-order valence-corrected chi connectivity index (χ2v) is 16.3. The molecule has 8 aromatic carbocycles. The lowest BCUT2D eigenvalue weighted by Gasteiger charge is -2.13. The van der Waals surface area contributed by atoms with Crippen LogP contribution >= 0.6 is 0 Å². The van der Waals surface area contributed by atoms with E-state index in [4.69, 9.17) is 15.0 Å². The first-order valence-corrected chi connectivity index (χ1v) is 21.6. The smallest absolute Gasteiger partial charge is 0.164 e. The highest BCUT2D eigenvalue weighted by Crippen LogP contribution is 2.37. The Bertz CT molecular complexity index is 3490. The van der Waals surface area contributed by atoms with Crippen molar-refractivity contribution >= 4 is 60.6 Å². The van der Waals surface area contributed by atoms with Crippen molar-refractivity contribution in [2.24, 2.45) is 0 Å². The standard InChI is InChI=1S/C57H38N6/c1-7-19-49-43(13-1)44-14-2-8-20-50(44)61(49)40-31-25-37(26-32-40)55-58-56(38-27-33-41(34-28-38)62-51-21-9-3-15-45(51)46-16-4-10-22-52(46)62)60-57(59-55)39-29-35-42(36-30-39)63-53-23-11-5-17-47(53)48-18-6-12-24-54(48)63/h1-5,7-17,19-36H,6,18H2. The van der Waals surface area contributed by atoms with E-state index in [0.29, 0.717) is 17.5 Å². The molecule has 0 radical (unpaired) electrons. The van der Waals surface area contributed by atoms with Gasteiger partial charge in [-0.3, -0.25) is 0 Å². The van der Waals surface area contributed by atoms with Gasteiger partial charge in [0.1, 0.15) is 0 Å². The van der Waals surface area contributed by atoms with Gasteiger partial charge >= 0.3 is 0 Å². The zero-order chi connectivity index (χ0) is 41.4. The summed E-state index contributed by atoms with van der Waals surface area (Å²) < 4.78 is 7.05. The fourth-order valence-electron chi connectivity index (χ4n) is 9.91. The van der Waals surface area contributed by atoms with Gasteiger partial charge in [-0.1, -0.05) is 97.1 Å². The fourth-order valence-corrected chi connectivity index (χ4v) is 9.91. The second-order valence-electron chi connectivity index (χ2n) is 16.3. The van der Waals surface area contributed by atoms with Gasteiger partial charge in [-0.15, -0.1) is 0 Å². The lowest BCUT2D eigenvalue weighted by Crippen LogP contribution is -2.02. The van der Waals surface area contributed by atoms with Crippen molar-refractivity contribution in [3.63, 3.8) is 0 Å². The van der Waals surface area contributed by atoms with Gasteiger partial charge in [0.25, 0.3) is 0 Å². The van der Waals surface area contributed by atoms with E-state index in [-0.39, 0.29) is 0 Å². The van der Waals surface area contributed by atoms with E-state index in [1.165, 1.54) is 65.8 Å². The number of nitrogens with zero attached hydrogens (tertiary/aromatic N) is 6. The van der Waals surface area contributed by atoms with Crippen LogP contribution in [0.2, 0.25) is 0 Å². The van der Waals surface area contributed by atoms with Crippen molar-refractivity contribution < 1.29 is 0 Å². The molecule has 1 aliphatic carbocycles. The van der Waals surface area contributed by atoms with Crippen LogP contribution in [0.15, 0.2) is 200 Å². The van der Waals surface area contributed by atoms with Crippen LogP contribution in [-0.4, -0.2) is 28.7 Å². The van der Waals surface area contributed by atoms with Crippen molar-refractivity contribution in [1.82, 2.24) is 28.7 Å². The molecule has 63 heavy (non-hydrogen) atoms. The van der Waals surface area contributed by atoms with Gasteiger partial charge in [0, 0.05) is 66.4 Å². The highest BCUT2D eigenvalue weighted by molar-refractivity contribution is 6.10. The zero-order valence-corrected chi connectivity index (χ0v) is 34.2. The van der Waals surface area contributed by atoms with E-state index >= 15 is 0 Å². The third kappa shape index (κ3) is 5.62. The van der Waals surface area contributed by atoms with E-state index in [1.54, 1.807) is 0 Å². The number of rotatable bonds is 6. The average Bonchev–Trinajstić information content (AvgIpc) is 4.00.